The number of thiazole rings is 1. The van der Waals surface area contributed by atoms with Gasteiger partial charge in [0.15, 0.2) is 5.13 Å². The number of hydrogen-bond acceptors (Lipinski definition) is 6. The van der Waals surface area contributed by atoms with Gasteiger partial charge in [-0.1, -0.05) is 0 Å². The Morgan fingerprint density at radius 1 is 1.31 bits per heavy atom. The Kier molecular flexibility index (Phi) is 7.37. The van der Waals surface area contributed by atoms with Gasteiger partial charge in [0.1, 0.15) is 0 Å². The second-order valence-electron chi connectivity index (χ2n) is 3.58. The SMILES string of the molecule is Cc1csc(N(C)CCN(C)C)n1.O=C=O. The zero-order valence-corrected chi connectivity index (χ0v) is 10.9. The Balaban J connectivity index is 0.000000673. The second-order valence-corrected chi connectivity index (χ2v) is 4.42. The number of aromatic nitrogens is 1. The second kappa shape index (κ2) is 7.98. The minimum absolute atomic E-state index is 0.250. The molecule has 0 N–H and O–H groups in total. The quantitative estimate of drug-likeness (QED) is 0.785. The molecule has 0 aliphatic carbocycles. The average Bonchev–Trinajstić information content (AvgIpc) is 2.62. The lowest BCUT2D eigenvalue weighted by atomic mass is 10.5. The highest BCUT2D eigenvalue weighted by Gasteiger charge is 2.04. The first kappa shape index (κ1) is 14.8. The summed E-state index contributed by atoms with van der Waals surface area (Å²) in [5, 5.41) is 3.20. The van der Waals surface area contributed by atoms with Crippen molar-refractivity contribution >= 4 is 22.6 Å². The number of carbonyl (C=O) groups excluding carboxylic acids is 2. The van der Waals surface area contributed by atoms with Gasteiger partial charge in [-0.2, -0.15) is 9.59 Å². The lowest BCUT2D eigenvalue weighted by molar-refractivity contribution is -0.191. The first-order valence-corrected chi connectivity index (χ1v) is 5.66. The topological polar surface area (TPSA) is 53.5 Å². The van der Waals surface area contributed by atoms with Crippen LogP contribution in [0, 0.1) is 6.92 Å². The van der Waals surface area contributed by atoms with Gasteiger partial charge in [0, 0.05) is 25.5 Å². The van der Waals surface area contributed by atoms with Crippen LogP contribution >= 0.6 is 11.3 Å². The molecule has 0 aliphatic heterocycles. The lowest BCUT2D eigenvalue weighted by Crippen LogP contribution is -2.28. The molecule has 0 saturated carbocycles. The van der Waals surface area contributed by atoms with Gasteiger partial charge in [-0.25, -0.2) is 4.98 Å². The largest absolute Gasteiger partial charge is 0.373 e. The highest BCUT2D eigenvalue weighted by molar-refractivity contribution is 7.13. The zero-order chi connectivity index (χ0) is 12.6. The molecule has 1 heterocycles. The van der Waals surface area contributed by atoms with E-state index in [0.29, 0.717) is 0 Å². The number of likely N-dealkylation sites (N-methyl/N-ethyl adjacent to an activating group) is 2. The van der Waals surface area contributed by atoms with E-state index >= 15 is 0 Å². The van der Waals surface area contributed by atoms with Crippen LogP contribution in [-0.2, 0) is 9.59 Å². The number of nitrogens with zero attached hydrogens (tertiary/aromatic N) is 3. The van der Waals surface area contributed by atoms with Crippen LogP contribution in [0.4, 0.5) is 5.13 Å². The Hall–Kier alpha value is -1.23. The summed E-state index contributed by atoms with van der Waals surface area (Å²) in [7, 11) is 6.25. The van der Waals surface area contributed by atoms with Crippen LogP contribution in [0.25, 0.3) is 0 Å². The summed E-state index contributed by atoms with van der Waals surface area (Å²) in [6, 6.07) is 0. The van der Waals surface area contributed by atoms with Crippen molar-refractivity contribution in [2.75, 3.05) is 39.1 Å². The standard InChI is InChI=1S/C9H17N3S.CO2/c1-8-7-13-9(10-8)12(4)6-5-11(2)3;2-1-3/h7H,5-6H2,1-4H3;. The summed E-state index contributed by atoms with van der Waals surface area (Å²) in [4.78, 5) is 25.0. The highest BCUT2D eigenvalue weighted by atomic mass is 32.1. The molecule has 90 valence electrons. The molecule has 0 saturated heterocycles. The van der Waals surface area contributed by atoms with Crippen LogP contribution in [0.5, 0.6) is 0 Å². The summed E-state index contributed by atoms with van der Waals surface area (Å²) < 4.78 is 0. The smallest absolute Gasteiger partial charge is 0.350 e. The van der Waals surface area contributed by atoms with E-state index in [-0.39, 0.29) is 6.15 Å². The normalized spacial score (nSPS) is 9.31. The molecule has 0 spiro atoms. The van der Waals surface area contributed by atoms with Crippen molar-refractivity contribution in [1.29, 1.82) is 0 Å². The molecule has 16 heavy (non-hydrogen) atoms. The van der Waals surface area contributed by atoms with Crippen LogP contribution in [0.15, 0.2) is 5.38 Å². The van der Waals surface area contributed by atoms with Crippen LogP contribution in [-0.4, -0.2) is 50.3 Å². The molecule has 0 aromatic carbocycles. The summed E-state index contributed by atoms with van der Waals surface area (Å²) in [6.45, 7) is 4.12. The lowest BCUT2D eigenvalue weighted by Gasteiger charge is -2.18. The molecule has 0 amide bonds. The van der Waals surface area contributed by atoms with Crippen molar-refractivity contribution in [3.8, 4) is 0 Å². The maximum absolute atomic E-state index is 8.12. The van der Waals surface area contributed by atoms with E-state index in [0.717, 1.165) is 23.9 Å². The molecular formula is C10H17N3O2S. The number of rotatable bonds is 4. The monoisotopic (exact) mass is 243 g/mol. The van der Waals surface area contributed by atoms with Gasteiger partial charge in [0.25, 0.3) is 0 Å². The Morgan fingerprint density at radius 3 is 2.25 bits per heavy atom. The van der Waals surface area contributed by atoms with Gasteiger partial charge < -0.3 is 9.80 Å². The van der Waals surface area contributed by atoms with E-state index in [1.54, 1.807) is 11.3 Å². The van der Waals surface area contributed by atoms with Gasteiger partial charge in [-0.05, 0) is 21.0 Å². The van der Waals surface area contributed by atoms with Crippen LogP contribution < -0.4 is 4.90 Å². The molecule has 0 radical (unpaired) electrons. The number of aryl methyl sites for hydroxylation is 1. The van der Waals surface area contributed by atoms with Crippen molar-refractivity contribution in [3.63, 3.8) is 0 Å². The third-order valence-electron chi connectivity index (χ3n) is 1.82. The average molecular weight is 243 g/mol. The van der Waals surface area contributed by atoms with E-state index < -0.39 is 0 Å². The molecule has 0 fully saturated rings. The van der Waals surface area contributed by atoms with Crippen molar-refractivity contribution in [2.45, 2.75) is 6.92 Å². The molecule has 6 heteroatoms. The maximum atomic E-state index is 8.12. The van der Waals surface area contributed by atoms with E-state index in [1.807, 2.05) is 6.92 Å². The van der Waals surface area contributed by atoms with Crippen LogP contribution in [0.3, 0.4) is 0 Å². The molecule has 0 aliphatic rings. The number of anilines is 1. The third kappa shape index (κ3) is 6.29. The van der Waals surface area contributed by atoms with Gasteiger partial charge in [0.2, 0.25) is 0 Å². The van der Waals surface area contributed by atoms with Crippen molar-refractivity contribution in [1.82, 2.24) is 9.88 Å². The minimum Gasteiger partial charge on any atom is -0.350 e. The molecule has 1 aromatic heterocycles. The minimum atomic E-state index is 0.250. The number of hydrogen-bond donors (Lipinski definition) is 0. The van der Waals surface area contributed by atoms with Crippen molar-refractivity contribution in [3.05, 3.63) is 11.1 Å². The van der Waals surface area contributed by atoms with Crippen molar-refractivity contribution < 1.29 is 9.59 Å². The first-order chi connectivity index (χ1) is 7.51. The fourth-order valence-corrected chi connectivity index (χ4v) is 1.76. The molecule has 1 aromatic rings. The zero-order valence-electron chi connectivity index (χ0n) is 10.1. The fourth-order valence-electron chi connectivity index (χ4n) is 0.963. The fraction of sp³-hybridized carbons (Fsp3) is 0.600. The highest BCUT2D eigenvalue weighted by Crippen LogP contribution is 2.17. The molecule has 0 atom stereocenters. The van der Waals surface area contributed by atoms with E-state index in [1.165, 1.54) is 0 Å². The van der Waals surface area contributed by atoms with Crippen molar-refractivity contribution in [2.24, 2.45) is 0 Å². The van der Waals surface area contributed by atoms with Gasteiger partial charge in [-0.3, -0.25) is 0 Å². The first-order valence-electron chi connectivity index (χ1n) is 4.78. The predicted octanol–water partition coefficient (Wildman–Crippen LogP) is 0.866. The summed E-state index contributed by atoms with van der Waals surface area (Å²) in [6.07, 6.45) is 0.250. The third-order valence-corrected chi connectivity index (χ3v) is 2.89. The van der Waals surface area contributed by atoms with Gasteiger partial charge in [-0.15, -0.1) is 11.3 Å². The molecule has 1 rings (SSSR count). The maximum Gasteiger partial charge on any atom is 0.373 e. The van der Waals surface area contributed by atoms with Crippen LogP contribution in [0.2, 0.25) is 0 Å². The van der Waals surface area contributed by atoms with Gasteiger partial charge in [0.05, 0.1) is 5.69 Å². The van der Waals surface area contributed by atoms with Crippen LogP contribution in [0.1, 0.15) is 5.69 Å². The molecule has 5 nitrogen and oxygen atoms in total. The predicted molar refractivity (Wildman–Crippen MR) is 63.7 cm³/mol. The summed E-state index contributed by atoms with van der Waals surface area (Å²) in [5.74, 6) is 0. The summed E-state index contributed by atoms with van der Waals surface area (Å²) >= 11 is 1.71. The Bertz CT molecular complexity index is 333. The molecule has 0 unspecified atom stereocenters. The molecular weight excluding hydrogens is 226 g/mol. The van der Waals surface area contributed by atoms with E-state index in [4.69, 9.17) is 9.59 Å². The van der Waals surface area contributed by atoms with E-state index in [9.17, 15) is 0 Å². The molecule has 0 bridgehead atoms. The van der Waals surface area contributed by atoms with E-state index in [2.05, 4.69) is 41.3 Å². The Labute approximate surface area is 99.7 Å². The van der Waals surface area contributed by atoms with Gasteiger partial charge >= 0.3 is 6.15 Å². The summed E-state index contributed by atoms with van der Waals surface area (Å²) in [5.41, 5.74) is 1.11. The Morgan fingerprint density at radius 2 is 1.88 bits per heavy atom.